The van der Waals surface area contributed by atoms with Gasteiger partial charge >= 0.3 is 0 Å². The molecule has 3 aromatic rings. The molecule has 238 valence electrons. The molecule has 0 spiro atoms. The number of hydrogen-bond donors (Lipinski definition) is 0. The van der Waals surface area contributed by atoms with E-state index in [1.165, 1.54) is 6.07 Å². The molecule has 0 bridgehead atoms. The Hall–Kier alpha value is -3.35. The van der Waals surface area contributed by atoms with Gasteiger partial charge < -0.3 is 23.7 Å². The first-order chi connectivity index (χ1) is 21.6. The molecule has 0 unspecified atom stereocenters. The van der Waals surface area contributed by atoms with Crippen LogP contribution in [0.3, 0.4) is 0 Å². The van der Waals surface area contributed by atoms with Gasteiger partial charge in [0, 0.05) is 12.0 Å². The first-order valence-corrected chi connectivity index (χ1v) is 16.3. The Balaban J connectivity index is 1.04. The molecule has 1 aliphatic rings. The Bertz CT molecular complexity index is 1230. The summed E-state index contributed by atoms with van der Waals surface area (Å²) in [6.07, 6.45) is 11.2. The summed E-state index contributed by atoms with van der Waals surface area (Å²) >= 11 is 0. The highest BCUT2D eigenvalue weighted by molar-refractivity contribution is 5.65. The molecular weight excluding hydrogens is 555 g/mol. The normalized spacial score (nSPS) is 13.7. The van der Waals surface area contributed by atoms with Crippen molar-refractivity contribution in [3.05, 3.63) is 84.7 Å². The molecule has 5 nitrogen and oxygen atoms in total. The summed E-state index contributed by atoms with van der Waals surface area (Å²) in [5.74, 6) is 1.66. The lowest BCUT2D eigenvalue weighted by atomic mass is 9.84. The molecular formula is C38H49FO5. The van der Waals surface area contributed by atoms with Crippen LogP contribution in [0.5, 0.6) is 17.2 Å². The van der Waals surface area contributed by atoms with Gasteiger partial charge in [0.2, 0.25) is 0 Å². The maximum absolute atomic E-state index is 14.7. The van der Waals surface area contributed by atoms with Crippen LogP contribution in [-0.4, -0.2) is 46.2 Å². The summed E-state index contributed by atoms with van der Waals surface area (Å²) in [5, 5.41) is 0. The first kappa shape index (κ1) is 33.5. The third-order valence-corrected chi connectivity index (χ3v) is 8.23. The van der Waals surface area contributed by atoms with Gasteiger partial charge in [-0.3, -0.25) is 0 Å². The molecule has 6 heteroatoms. The second kappa shape index (κ2) is 18.5. The van der Waals surface area contributed by atoms with E-state index < -0.39 is 0 Å². The molecule has 3 aromatic carbocycles. The van der Waals surface area contributed by atoms with Crippen molar-refractivity contribution in [2.45, 2.75) is 64.7 Å². The predicted molar refractivity (Wildman–Crippen MR) is 176 cm³/mol. The molecule has 0 aliphatic carbocycles. The largest absolute Gasteiger partial charge is 0.494 e. The summed E-state index contributed by atoms with van der Waals surface area (Å²) in [6.45, 7) is 11.2. The Labute approximate surface area is 263 Å². The van der Waals surface area contributed by atoms with E-state index in [9.17, 15) is 4.39 Å². The van der Waals surface area contributed by atoms with Crippen LogP contribution in [0.4, 0.5) is 4.39 Å². The molecule has 0 N–H and O–H groups in total. The van der Waals surface area contributed by atoms with Crippen LogP contribution in [0.15, 0.2) is 73.3 Å². The van der Waals surface area contributed by atoms with Gasteiger partial charge in [-0.1, -0.05) is 56.3 Å². The van der Waals surface area contributed by atoms with E-state index in [0.29, 0.717) is 25.6 Å². The number of unbranched alkanes of at least 4 members (excludes halogenated alkanes) is 6. The molecule has 44 heavy (non-hydrogen) atoms. The fourth-order valence-electron chi connectivity index (χ4n) is 5.09. The zero-order valence-corrected chi connectivity index (χ0v) is 26.4. The Morgan fingerprint density at radius 3 is 1.77 bits per heavy atom. The second-order valence-corrected chi connectivity index (χ2v) is 11.7. The van der Waals surface area contributed by atoms with Crippen LogP contribution in [0, 0.1) is 11.2 Å². The van der Waals surface area contributed by atoms with Gasteiger partial charge in [0.1, 0.15) is 11.5 Å². The molecule has 0 amide bonds. The van der Waals surface area contributed by atoms with Crippen molar-refractivity contribution >= 4 is 6.08 Å². The fraction of sp³-hybridized carbons (Fsp3) is 0.474. The molecule has 1 heterocycles. The van der Waals surface area contributed by atoms with E-state index in [4.69, 9.17) is 23.7 Å². The fourth-order valence-corrected chi connectivity index (χ4v) is 5.09. The summed E-state index contributed by atoms with van der Waals surface area (Å²) in [7, 11) is 0. The number of benzene rings is 3. The lowest BCUT2D eigenvalue weighted by Crippen LogP contribution is -2.45. The van der Waals surface area contributed by atoms with Gasteiger partial charge in [0.05, 0.1) is 39.6 Å². The van der Waals surface area contributed by atoms with Crippen molar-refractivity contribution in [2.24, 2.45) is 5.41 Å². The molecule has 0 saturated carbocycles. The van der Waals surface area contributed by atoms with E-state index in [1.54, 1.807) is 6.07 Å². The summed E-state index contributed by atoms with van der Waals surface area (Å²) in [5.41, 5.74) is 3.11. The Morgan fingerprint density at radius 2 is 1.25 bits per heavy atom. The van der Waals surface area contributed by atoms with Crippen LogP contribution in [0.25, 0.3) is 17.2 Å². The molecule has 1 aliphatic heterocycles. The van der Waals surface area contributed by atoms with Crippen LogP contribution < -0.4 is 14.2 Å². The Morgan fingerprint density at radius 1 is 0.705 bits per heavy atom. The zero-order chi connectivity index (χ0) is 30.9. The van der Waals surface area contributed by atoms with E-state index in [0.717, 1.165) is 112 Å². The molecule has 0 aromatic heterocycles. The average molecular weight is 605 g/mol. The second-order valence-electron chi connectivity index (χ2n) is 11.7. The quantitative estimate of drug-likeness (QED) is 0.107. The van der Waals surface area contributed by atoms with Crippen molar-refractivity contribution < 1.29 is 28.1 Å². The van der Waals surface area contributed by atoms with Gasteiger partial charge in [-0.15, -0.1) is 0 Å². The van der Waals surface area contributed by atoms with Crippen molar-refractivity contribution in [3.8, 4) is 28.4 Å². The van der Waals surface area contributed by atoms with E-state index in [2.05, 4.69) is 13.5 Å². The minimum absolute atomic E-state index is 0.271. The topological polar surface area (TPSA) is 46.2 Å². The van der Waals surface area contributed by atoms with Gasteiger partial charge in [0.15, 0.2) is 11.6 Å². The lowest BCUT2D eigenvalue weighted by Gasteiger charge is -2.40. The third-order valence-electron chi connectivity index (χ3n) is 8.23. The highest BCUT2D eigenvalue weighted by atomic mass is 19.1. The standard InChI is InChI=1S/C38H49FO5/c1-3-31-13-18-34(19-14-31)42-24-11-7-8-12-26-44-37-22-17-33(27-36(37)39)32-15-20-35(21-16-32)43-25-10-6-5-9-23-40-28-38(4-2)29-41-30-38/h3,13-22,27H,1,4-12,23-26,28-30H2,2H3. The van der Waals surface area contributed by atoms with Crippen molar-refractivity contribution in [3.63, 3.8) is 0 Å². The summed E-state index contributed by atoms with van der Waals surface area (Å²) < 4.78 is 43.4. The Kier molecular flexibility index (Phi) is 14.1. The molecule has 1 fully saturated rings. The predicted octanol–water partition coefficient (Wildman–Crippen LogP) is 9.54. The van der Waals surface area contributed by atoms with E-state index in [-0.39, 0.29) is 11.2 Å². The van der Waals surface area contributed by atoms with Crippen molar-refractivity contribution in [2.75, 3.05) is 46.2 Å². The van der Waals surface area contributed by atoms with Gasteiger partial charge in [-0.2, -0.15) is 0 Å². The van der Waals surface area contributed by atoms with Gasteiger partial charge in [-0.25, -0.2) is 4.39 Å². The number of ether oxygens (including phenoxy) is 5. The lowest BCUT2D eigenvalue weighted by molar-refractivity contribution is -0.150. The van der Waals surface area contributed by atoms with Crippen LogP contribution in [-0.2, 0) is 9.47 Å². The third kappa shape index (κ3) is 11.0. The molecule has 0 radical (unpaired) electrons. The highest BCUT2D eigenvalue weighted by Gasteiger charge is 2.36. The first-order valence-electron chi connectivity index (χ1n) is 16.3. The summed E-state index contributed by atoms with van der Waals surface area (Å²) in [4.78, 5) is 0. The average Bonchev–Trinajstić information content (AvgIpc) is 3.03. The van der Waals surface area contributed by atoms with E-state index in [1.807, 2.05) is 60.7 Å². The molecule has 0 atom stereocenters. The number of hydrogen-bond acceptors (Lipinski definition) is 5. The highest BCUT2D eigenvalue weighted by Crippen LogP contribution is 2.31. The van der Waals surface area contributed by atoms with Crippen LogP contribution in [0.1, 0.15) is 70.3 Å². The van der Waals surface area contributed by atoms with Gasteiger partial charge in [0.25, 0.3) is 0 Å². The van der Waals surface area contributed by atoms with Crippen LogP contribution >= 0.6 is 0 Å². The number of halogens is 1. The van der Waals surface area contributed by atoms with Crippen molar-refractivity contribution in [1.82, 2.24) is 0 Å². The monoisotopic (exact) mass is 604 g/mol. The maximum Gasteiger partial charge on any atom is 0.165 e. The van der Waals surface area contributed by atoms with Crippen molar-refractivity contribution in [1.29, 1.82) is 0 Å². The maximum atomic E-state index is 14.7. The minimum Gasteiger partial charge on any atom is -0.494 e. The van der Waals surface area contributed by atoms with E-state index >= 15 is 0 Å². The van der Waals surface area contributed by atoms with Crippen LogP contribution in [0.2, 0.25) is 0 Å². The molecule has 1 saturated heterocycles. The molecule has 4 rings (SSSR count). The summed E-state index contributed by atoms with van der Waals surface area (Å²) in [6, 6.07) is 20.9. The smallest absolute Gasteiger partial charge is 0.165 e. The number of rotatable bonds is 22. The SMILES string of the molecule is C=Cc1ccc(OCCCCCCOc2ccc(-c3ccc(OCCCCCCOCC4(CC)COC4)cc3)cc2F)cc1. The minimum atomic E-state index is -0.342. The zero-order valence-electron chi connectivity index (χ0n) is 26.4. The van der Waals surface area contributed by atoms with Gasteiger partial charge in [-0.05, 0) is 104 Å².